The van der Waals surface area contributed by atoms with Crippen LogP contribution >= 0.6 is 0 Å². The SMILES string of the molecule is CC/C(=C(\c1ccc(O)cc1)c1ccc(N2CCN(CCCCNc3ccc4c(c3)CN(C3CCC(=O)NC3=O)C4)CC2)cc1)c1ccccc1. The number of benzene rings is 4. The number of aromatic hydroxyl groups is 1. The number of imide groups is 1. The van der Waals surface area contributed by atoms with Gasteiger partial charge in [-0.15, -0.1) is 0 Å². The number of amides is 2. The fraction of sp³-hybridized carbons (Fsp3) is 0.349. The largest absolute Gasteiger partial charge is 0.508 e. The molecule has 0 bridgehead atoms. The van der Waals surface area contributed by atoms with E-state index < -0.39 is 0 Å². The molecule has 3 aliphatic rings. The lowest BCUT2D eigenvalue weighted by Crippen LogP contribution is -2.50. The van der Waals surface area contributed by atoms with Crippen molar-refractivity contribution in [2.45, 2.75) is 58.2 Å². The van der Waals surface area contributed by atoms with Gasteiger partial charge in [-0.3, -0.25) is 24.7 Å². The molecule has 3 heterocycles. The monoisotopic (exact) mass is 683 g/mol. The van der Waals surface area contributed by atoms with Crippen LogP contribution in [0.2, 0.25) is 0 Å². The molecule has 3 aliphatic heterocycles. The molecule has 4 aromatic rings. The fourth-order valence-electron chi connectivity index (χ4n) is 7.85. The van der Waals surface area contributed by atoms with Gasteiger partial charge in [-0.2, -0.15) is 0 Å². The average Bonchev–Trinajstić information content (AvgIpc) is 3.58. The quantitative estimate of drug-likeness (QED) is 0.0852. The Balaban J connectivity index is 0.878. The molecule has 8 heteroatoms. The Morgan fingerprint density at radius 2 is 1.51 bits per heavy atom. The van der Waals surface area contributed by atoms with Crippen LogP contribution in [-0.4, -0.2) is 72.0 Å². The average molecular weight is 684 g/mol. The molecule has 0 saturated carbocycles. The lowest BCUT2D eigenvalue weighted by Gasteiger charge is -2.36. The summed E-state index contributed by atoms with van der Waals surface area (Å²) in [5, 5.41) is 16.1. The zero-order valence-corrected chi connectivity index (χ0v) is 29.6. The maximum atomic E-state index is 12.4. The van der Waals surface area contributed by atoms with Crippen LogP contribution in [0.5, 0.6) is 5.75 Å². The molecular formula is C43H49N5O3. The van der Waals surface area contributed by atoms with E-state index in [0.717, 1.165) is 82.9 Å². The number of rotatable bonds is 12. The summed E-state index contributed by atoms with van der Waals surface area (Å²) in [6.07, 6.45) is 4.19. The molecule has 1 atom stereocenters. The second kappa shape index (κ2) is 16.0. The van der Waals surface area contributed by atoms with Gasteiger partial charge in [0.1, 0.15) is 5.75 Å². The predicted octanol–water partition coefficient (Wildman–Crippen LogP) is 6.90. The van der Waals surface area contributed by atoms with Crippen molar-refractivity contribution in [1.82, 2.24) is 15.1 Å². The number of unbranched alkanes of at least 4 members (excludes halogenated alkanes) is 1. The van der Waals surface area contributed by atoms with E-state index in [2.05, 4.69) is 105 Å². The number of allylic oxidation sites excluding steroid dienone is 1. The zero-order valence-electron chi connectivity index (χ0n) is 29.6. The highest BCUT2D eigenvalue weighted by molar-refractivity contribution is 6.00. The highest BCUT2D eigenvalue weighted by Gasteiger charge is 2.34. The van der Waals surface area contributed by atoms with Crippen LogP contribution in [-0.2, 0) is 22.7 Å². The number of phenolic OH excluding ortho intramolecular Hbond substituents is 1. The van der Waals surface area contributed by atoms with E-state index in [-0.39, 0.29) is 23.6 Å². The molecule has 2 fully saturated rings. The second-order valence-corrected chi connectivity index (χ2v) is 14.0. The number of nitrogens with one attached hydrogen (secondary N) is 2. The van der Waals surface area contributed by atoms with Gasteiger partial charge in [-0.25, -0.2) is 0 Å². The summed E-state index contributed by atoms with van der Waals surface area (Å²) in [5.74, 6) is -0.0458. The Morgan fingerprint density at radius 3 is 2.22 bits per heavy atom. The van der Waals surface area contributed by atoms with Gasteiger partial charge in [0.05, 0.1) is 6.04 Å². The predicted molar refractivity (Wildman–Crippen MR) is 205 cm³/mol. The minimum Gasteiger partial charge on any atom is -0.508 e. The lowest BCUT2D eigenvalue weighted by molar-refractivity contribution is -0.137. The number of carbonyl (C=O) groups is 2. The molecular weight excluding hydrogens is 635 g/mol. The van der Waals surface area contributed by atoms with Gasteiger partial charge in [0.25, 0.3) is 0 Å². The van der Waals surface area contributed by atoms with Crippen LogP contribution in [0, 0.1) is 0 Å². The third-order valence-corrected chi connectivity index (χ3v) is 10.7. The molecule has 51 heavy (non-hydrogen) atoms. The smallest absolute Gasteiger partial charge is 0.243 e. The number of anilines is 2. The summed E-state index contributed by atoms with van der Waals surface area (Å²) >= 11 is 0. The molecule has 7 rings (SSSR count). The third-order valence-electron chi connectivity index (χ3n) is 10.7. The Bertz CT molecular complexity index is 1850. The first-order valence-corrected chi connectivity index (χ1v) is 18.5. The van der Waals surface area contributed by atoms with Crippen molar-refractivity contribution in [3.63, 3.8) is 0 Å². The Hall–Kier alpha value is -4.92. The van der Waals surface area contributed by atoms with E-state index in [1.807, 2.05) is 12.1 Å². The number of piperidine rings is 1. The Labute approximate surface area is 301 Å². The van der Waals surface area contributed by atoms with Gasteiger partial charge in [0.15, 0.2) is 0 Å². The van der Waals surface area contributed by atoms with Crippen molar-refractivity contribution in [2.75, 3.05) is 49.5 Å². The molecule has 3 N–H and O–H groups in total. The van der Waals surface area contributed by atoms with Crippen LogP contribution in [0.3, 0.4) is 0 Å². The summed E-state index contributed by atoms with van der Waals surface area (Å²) in [6.45, 7) is 9.94. The van der Waals surface area contributed by atoms with Crippen LogP contribution in [0.25, 0.3) is 11.1 Å². The number of nitrogens with zero attached hydrogens (tertiary/aromatic N) is 3. The van der Waals surface area contributed by atoms with Crippen molar-refractivity contribution in [3.05, 3.63) is 125 Å². The van der Waals surface area contributed by atoms with Crippen molar-refractivity contribution >= 4 is 34.3 Å². The Morgan fingerprint density at radius 1 is 0.804 bits per heavy atom. The maximum Gasteiger partial charge on any atom is 0.243 e. The minimum atomic E-state index is -0.221. The van der Waals surface area contributed by atoms with Crippen molar-refractivity contribution < 1.29 is 14.7 Å². The molecule has 0 aromatic heterocycles. The first kappa shape index (κ1) is 34.5. The lowest BCUT2D eigenvalue weighted by atomic mass is 9.88. The third kappa shape index (κ3) is 8.19. The number of carbonyl (C=O) groups excluding carboxylic acids is 2. The second-order valence-electron chi connectivity index (χ2n) is 14.0. The fourth-order valence-corrected chi connectivity index (χ4v) is 7.85. The van der Waals surface area contributed by atoms with E-state index in [0.29, 0.717) is 12.8 Å². The molecule has 2 saturated heterocycles. The normalized spacial score (nSPS) is 18.7. The summed E-state index contributed by atoms with van der Waals surface area (Å²) in [6, 6.07) is 33.5. The Kier molecular flexibility index (Phi) is 10.8. The highest BCUT2D eigenvalue weighted by atomic mass is 16.3. The van der Waals surface area contributed by atoms with E-state index in [1.165, 1.54) is 39.1 Å². The molecule has 0 radical (unpaired) electrons. The molecule has 0 spiro atoms. The van der Waals surface area contributed by atoms with E-state index in [4.69, 9.17) is 0 Å². The number of hydrogen-bond acceptors (Lipinski definition) is 7. The van der Waals surface area contributed by atoms with Crippen LogP contribution in [0.15, 0.2) is 97.1 Å². The van der Waals surface area contributed by atoms with Gasteiger partial charge in [-0.05, 0) is 108 Å². The first-order valence-electron chi connectivity index (χ1n) is 18.5. The van der Waals surface area contributed by atoms with E-state index in [1.54, 1.807) is 12.1 Å². The molecule has 0 aliphatic carbocycles. The molecule has 8 nitrogen and oxygen atoms in total. The summed E-state index contributed by atoms with van der Waals surface area (Å²) in [4.78, 5) is 31.2. The number of hydrogen-bond donors (Lipinski definition) is 3. The topological polar surface area (TPSA) is 88.2 Å². The van der Waals surface area contributed by atoms with E-state index >= 15 is 0 Å². The standard InChI is InChI=1S/C43H49N5O3/c1-2-39(31-8-4-3-5-9-31)42(33-13-18-38(49)19-14-33)32-11-16-37(17-12-32)47-26-24-46(25-27-47)23-7-6-22-44-36-15-10-34-29-48(30-35(34)28-36)40-20-21-41(50)45-43(40)51/h3-5,8-19,28,40,44,49H,2,6-7,20-27,29-30H2,1H3,(H,45,50,51)/b42-39+. The summed E-state index contributed by atoms with van der Waals surface area (Å²) < 4.78 is 0. The van der Waals surface area contributed by atoms with Crippen molar-refractivity contribution in [1.29, 1.82) is 0 Å². The van der Waals surface area contributed by atoms with Crippen LogP contribution < -0.4 is 15.5 Å². The molecule has 264 valence electrons. The maximum absolute atomic E-state index is 12.4. The van der Waals surface area contributed by atoms with E-state index in [9.17, 15) is 14.7 Å². The zero-order chi connectivity index (χ0) is 35.2. The summed E-state index contributed by atoms with van der Waals surface area (Å²) in [5.41, 5.74) is 11.0. The number of fused-ring (bicyclic) bond motifs is 1. The van der Waals surface area contributed by atoms with Crippen LogP contribution in [0.4, 0.5) is 11.4 Å². The minimum absolute atomic E-state index is 0.160. The number of phenols is 1. The molecule has 2 amide bonds. The van der Waals surface area contributed by atoms with Crippen molar-refractivity contribution in [2.24, 2.45) is 0 Å². The van der Waals surface area contributed by atoms with Gasteiger partial charge < -0.3 is 15.3 Å². The van der Waals surface area contributed by atoms with Gasteiger partial charge >= 0.3 is 0 Å². The van der Waals surface area contributed by atoms with Crippen LogP contribution in [0.1, 0.15) is 66.8 Å². The van der Waals surface area contributed by atoms with Gasteiger partial charge in [0, 0.05) is 63.6 Å². The van der Waals surface area contributed by atoms with Crippen molar-refractivity contribution in [3.8, 4) is 5.75 Å². The van der Waals surface area contributed by atoms with Gasteiger partial charge in [0.2, 0.25) is 11.8 Å². The number of piperazine rings is 1. The first-order chi connectivity index (χ1) is 24.9. The van der Waals surface area contributed by atoms with Gasteiger partial charge in [-0.1, -0.05) is 67.6 Å². The molecule has 4 aromatic carbocycles. The highest BCUT2D eigenvalue weighted by Crippen LogP contribution is 2.36. The molecule has 1 unspecified atom stereocenters. The summed E-state index contributed by atoms with van der Waals surface area (Å²) in [7, 11) is 0.